The van der Waals surface area contributed by atoms with Crippen LogP contribution in [-0.4, -0.2) is 68.6 Å². The van der Waals surface area contributed by atoms with Crippen molar-refractivity contribution in [3.63, 3.8) is 0 Å². The monoisotopic (exact) mass is 600 g/mol. The molecule has 6 nitrogen and oxygen atoms in total. The molecule has 3 aromatic rings. The molecule has 43 heavy (non-hydrogen) atoms. The van der Waals surface area contributed by atoms with Crippen molar-refractivity contribution >= 4 is 15.5 Å². The molecule has 2 saturated heterocycles. The number of rotatable bonds is 8. The van der Waals surface area contributed by atoms with Gasteiger partial charge in [0.05, 0.1) is 9.79 Å². The van der Waals surface area contributed by atoms with Crippen molar-refractivity contribution in [3.8, 4) is 0 Å². The van der Waals surface area contributed by atoms with Crippen molar-refractivity contribution in [2.75, 3.05) is 50.7 Å². The number of likely N-dealkylation sites (tertiary alicyclic amines) is 1. The molecule has 0 spiro atoms. The predicted octanol–water partition coefficient (Wildman–Crippen LogP) is 5.97. The number of anilines is 1. The second-order valence-corrected chi connectivity index (χ2v) is 15.8. The first-order valence-corrected chi connectivity index (χ1v) is 18.1. The smallest absolute Gasteiger partial charge is 0.208 e. The van der Waals surface area contributed by atoms with Crippen LogP contribution in [0.25, 0.3) is 0 Å². The summed E-state index contributed by atoms with van der Waals surface area (Å²) < 4.78 is 27.7. The molecule has 7 heteroatoms. The van der Waals surface area contributed by atoms with Gasteiger partial charge in [-0.1, -0.05) is 44.0 Å². The van der Waals surface area contributed by atoms with Gasteiger partial charge in [-0.05, 0) is 98.6 Å². The highest BCUT2D eigenvalue weighted by atomic mass is 32.2. The van der Waals surface area contributed by atoms with Crippen LogP contribution in [0.5, 0.6) is 0 Å². The van der Waals surface area contributed by atoms with E-state index in [-0.39, 0.29) is 0 Å². The van der Waals surface area contributed by atoms with E-state index in [0.29, 0.717) is 21.1 Å². The Morgan fingerprint density at radius 1 is 0.837 bits per heavy atom. The fourth-order valence-corrected chi connectivity index (χ4v) is 10.4. The van der Waals surface area contributed by atoms with E-state index >= 15 is 0 Å². The Labute approximate surface area is 258 Å². The molecular weight excluding hydrogens is 552 g/mol. The fourth-order valence-electron chi connectivity index (χ4n) is 9.06. The molecule has 230 valence electrons. The Morgan fingerprint density at radius 3 is 2.21 bits per heavy atom. The summed E-state index contributed by atoms with van der Waals surface area (Å²) >= 11 is 0. The lowest BCUT2D eigenvalue weighted by atomic mass is 9.57. The fraction of sp³-hybridized carbons (Fsp3) is 0.556. The maximum atomic E-state index is 13.0. The van der Waals surface area contributed by atoms with Gasteiger partial charge in [0.15, 0.2) is 0 Å². The number of nitrogens with zero attached hydrogens (tertiary/aromatic N) is 4. The van der Waals surface area contributed by atoms with Gasteiger partial charge in [0.25, 0.3) is 0 Å². The molecule has 0 amide bonds. The van der Waals surface area contributed by atoms with Crippen molar-refractivity contribution in [2.24, 2.45) is 24.8 Å². The van der Waals surface area contributed by atoms with Crippen LogP contribution in [0.2, 0.25) is 0 Å². The van der Waals surface area contributed by atoms with Crippen LogP contribution in [0.1, 0.15) is 56.6 Å². The highest BCUT2D eigenvalue weighted by Gasteiger charge is 2.51. The third-order valence-corrected chi connectivity index (χ3v) is 13.1. The first-order valence-electron chi connectivity index (χ1n) is 16.6. The van der Waals surface area contributed by atoms with Crippen LogP contribution in [0.3, 0.4) is 0 Å². The Balaban J connectivity index is 0.970. The van der Waals surface area contributed by atoms with Crippen LogP contribution >= 0.6 is 0 Å². The predicted molar refractivity (Wildman–Crippen MR) is 173 cm³/mol. The molecule has 3 aliphatic heterocycles. The molecule has 4 heterocycles. The SMILES string of the molecule is CCN1Cc2ccccc2C(C2CCCC2)(C2CCN(CC3CN(c4ccc(S(=O)(=O)c5ccn(C)c5)cc4)C3)CC2)C1. The molecule has 7 rings (SSSR count). The van der Waals surface area contributed by atoms with E-state index in [1.54, 1.807) is 46.3 Å². The van der Waals surface area contributed by atoms with E-state index in [1.165, 1.54) is 64.7 Å². The number of likely N-dealkylation sites (N-methyl/N-ethyl adjacent to an activating group) is 1. The van der Waals surface area contributed by atoms with Crippen molar-refractivity contribution < 1.29 is 8.42 Å². The maximum absolute atomic E-state index is 13.0. The normalized spacial score (nSPS) is 24.7. The Hall–Kier alpha value is -2.61. The Morgan fingerprint density at radius 2 is 1.53 bits per heavy atom. The molecule has 2 aromatic carbocycles. The molecule has 4 aliphatic rings. The van der Waals surface area contributed by atoms with Gasteiger partial charge < -0.3 is 14.4 Å². The maximum Gasteiger partial charge on any atom is 0.208 e. The van der Waals surface area contributed by atoms with Crippen molar-refractivity contribution in [2.45, 2.75) is 67.2 Å². The quantitative estimate of drug-likeness (QED) is 0.319. The van der Waals surface area contributed by atoms with E-state index in [0.717, 1.165) is 43.7 Å². The summed E-state index contributed by atoms with van der Waals surface area (Å²) in [4.78, 5) is 8.58. The zero-order valence-corrected chi connectivity index (χ0v) is 26.8. The van der Waals surface area contributed by atoms with Gasteiger partial charge in [-0.25, -0.2) is 8.42 Å². The lowest BCUT2D eigenvalue weighted by Crippen LogP contribution is -2.57. The summed E-state index contributed by atoms with van der Waals surface area (Å²) in [5, 5.41) is 0. The first-order chi connectivity index (χ1) is 20.9. The summed E-state index contributed by atoms with van der Waals surface area (Å²) in [6, 6.07) is 18.6. The van der Waals surface area contributed by atoms with Crippen molar-refractivity contribution in [1.82, 2.24) is 14.4 Å². The number of hydrogen-bond acceptors (Lipinski definition) is 5. The van der Waals surface area contributed by atoms with Crippen molar-refractivity contribution in [3.05, 3.63) is 78.1 Å². The number of benzene rings is 2. The summed E-state index contributed by atoms with van der Waals surface area (Å²) in [6.07, 6.45) is 11.7. The third kappa shape index (κ3) is 5.36. The van der Waals surface area contributed by atoms with E-state index in [2.05, 4.69) is 45.9 Å². The second-order valence-electron chi connectivity index (χ2n) is 13.8. The summed E-state index contributed by atoms with van der Waals surface area (Å²) in [6.45, 7) is 11.6. The minimum atomic E-state index is -3.47. The molecule has 1 aliphatic carbocycles. The number of piperidine rings is 1. The van der Waals surface area contributed by atoms with Crippen LogP contribution in [0, 0.1) is 17.8 Å². The van der Waals surface area contributed by atoms with Gasteiger partial charge in [-0.2, -0.15) is 0 Å². The number of aryl methyl sites for hydroxylation is 1. The standard InChI is InChI=1S/C36H48N4O2S/c1-3-38-25-29-8-4-7-11-35(29)36(27-38,30-9-5-6-10-30)31-16-20-39(21-17-31)22-28-23-40(24-28)32-12-14-33(15-13-32)43(41,42)34-18-19-37(2)26-34/h4,7-8,11-15,18-19,26,28,30-31H,3,5-6,9-10,16-17,20-25,27H2,1-2H3. The van der Waals surface area contributed by atoms with Gasteiger partial charge >= 0.3 is 0 Å². The number of aromatic nitrogens is 1. The molecule has 1 atom stereocenters. The average Bonchev–Trinajstić information content (AvgIpc) is 3.72. The number of sulfone groups is 1. The van der Waals surface area contributed by atoms with Crippen molar-refractivity contribution in [1.29, 1.82) is 0 Å². The topological polar surface area (TPSA) is 48.8 Å². The highest BCUT2D eigenvalue weighted by molar-refractivity contribution is 7.91. The minimum absolute atomic E-state index is 0.320. The molecule has 1 unspecified atom stereocenters. The minimum Gasteiger partial charge on any atom is -0.371 e. The van der Waals surface area contributed by atoms with Gasteiger partial charge in [0, 0.05) is 69.2 Å². The molecule has 0 N–H and O–H groups in total. The lowest BCUT2D eigenvalue weighted by Gasteiger charge is -2.54. The summed E-state index contributed by atoms with van der Waals surface area (Å²) in [7, 11) is -1.63. The van der Waals surface area contributed by atoms with Gasteiger partial charge in [-0.15, -0.1) is 0 Å². The molecule has 1 saturated carbocycles. The molecule has 1 aromatic heterocycles. The number of hydrogen-bond donors (Lipinski definition) is 0. The van der Waals surface area contributed by atoms with Crippen LogP contribution in [0.15, 0.2) is 76.8 Å². The Bertz CT molecular complexity index is 1510. The van der Waals surface area contributed by atoms with Crippen LogP contribution in [-0.2, 0) is 28.8 Å². The van der Waals surface area contributed by atoms with Gasteiger partial charge in [-0.3, -0.25) is 4.90 Å². The number of fused-ring (bicyclic) bond motifs is 1. The van der Waals surface area contributed by atoms with E-state index < -0.39 is 9.84 Å². The zero-order chi connectivity index (χ0) is 29.6. The zero-order valence-electron chi connectivity index (χ0n) is 26.0. The molecule has 0 radical (unpaired) electrons. The highest BCUT2D eigenvalue weighted by Crippen LogP contribution is 2.53. The molecule has 0 bridgehead atoms. The van der Waals surface area contributed by atoms with E-state index in [9.17, 15) is 8.42 Å². The van der Waals surface area contributed by atoms with Gasteiger partial charge in [0.1, 0.15) is 0 Å². The Kier molecular flexibility index (Phi) is 7.93. The first kappa shape index (κ1) is 29.1. The molecular formula is C36H48N4O2S. The average molecular weight is 601 g/mol. The second kappa shape index (κ2) is 11.7. The molecule has 3 fully saturated rings. The largest absolute Gasteiger partial charge is 0.371 e. The third-order valence-electron chi connectivity index (χ3n) is 11.3. The van der Waals surface area contributed by atoms with Gasteiger partial charge in [0.2, 0.25) is 9.84 Å². The van der Waals surface area contributed by atoms with E-state index in [1.807, 2.05) is 19.2 Å². The van der Waals surface area contributed by atoms with Crippen LogP contribution in [0.4, 0.5) is 5.69 Å². The van der Waals surface area contributed by atoms with E-state index in [4.69, 9.17) is 0 Å². The summed E-state index contributed by atoms with van der Waals surface area (Å²) in [5.41, 5.74) is 4.73. The lowest BCUT2D eigenvalue weighted by molar-refractivity contribution is 0.0359. The van der Waals surface area contributed by atoms with Crippen LogP contribution < -0.4 is 4.90 Å². The summed E-state index contributed by atoms with van der Waals surface area (Å²) in [5.74, 6) is 2.28.